The Morgan fingerprint density at radius 3 is 1.02 bits per heavy atom. The Morgan fingerprint density at radius 1 is 0.364 bits per heavy atom. The van der Waals surface area contributed by atoms with Crippen molar-refractivity contribution >= 4 is 43.6 Å². The molecule has 0 saturated carbocycles. The van der Waals surface area contributed by atoms with E-state index in [1.54, 1.807) is 9.13 Å². The Labute approximate surface area is 266 Å². The van der Waals surface area contributed by atoms with E-state index in [2.05, 4.69) is 4.98 Å². The summed E-state index contributed by atoms with van der Waals surface area (Å²) in [7, 11) is 0. The molecule has 0 aliphatic rings. The topological polar surface area (TPSA) is 48.5 Å². The summed E-state index contributed by atoms with van der Waals surface area (Å²) >= 11 is 0. The molecule has 0 aliphatic carbocycles. The molecule has 9 aromatic rings. The van der Waals surface area contributed by atoms with E-state index in [0.29, 0.717) is 22.1 Å². The Bertz CT molecular complexity index is 2720. The molecule has 0 saturated heterocycles. The monoisotopic (exact) mass is 572 g/mol. The molecule has 9 rings (SSSR count). The van der Waals surface area contributed by atoms with E-state index >= 15 is 0 Å². The third kappa shape index (κ3) is 3.76. The Morgan fingerprint density at radius 2 is 0.659 bits per heavy atom. The van der Waals surface area contributed by atoms with Crippen LogP contribution in [-0.4, -0.2) is 24.1 Å². The van der Waals surface area contributed by atoms with Crippen LogP contribution in [0, 0.1) is 0 Å². The zero-order chi connectivity index (χ0) is 36.9. The highest BCUT2D eigenvalue weighted by molar-refractivity contribution is 6.10. The fraction of sp³-hybridized carbons (Fsp3) is 0. The number of nitrogens with zero attached hydrogens (tertiary/aromatic N) is 5. The predicted molar refractivity (Wildman–Crippen MR) is 179 cm³/mol. The van der Waals surface area contributed by atoms with Crippen LogP contribution in [-0.2, 0) is 0 Å². The van der Waals surface area contributed by atoms with Crippen LogP contribution < -0.4 is 0 Å². The van der Waals surface area contributed by atoms with Gasteiger partial charge in [-0.1, -0.05) is 90.9 Å². The second-order valence-electron chi connectivity index (χ2n) is 10.2. The largest absolute Gasteiger partial charge is 0.294 e. The van der Waals surface area contributed by atoms with E-state index in [4.69, 9.17) is 22.3 Å². The van der Waals surface area contributed by atoms with Crippen molar-refractivity contribution in [3.05, 3.63) is 151 Å². The fourth-order valence-electron chi connectivity index (χ4n) is 5.90. The molecular formula is C39H25N5. The lowest BCUT2D eigenvalue weighted by Crippen LogP contribution is -2.00. The first-order valence-electron chi connectivity index (χ1n) is 18.5. The molecule has 0 bridgehead atoms. The number of para-hydroxylation sites is 4. The Hall–Kier alpha value is -6.07. The van der Waals surface area contributed by atoms with Gasteiger partial charge in [0.1, 0.15) is 11.6 Å². The van der Waals surface area contributed by atoms with E-state index in [-0.39, 0.29) is 46.5 Å². The van der Waals surface area contributed by atoms with Crippen LogP contribution in [0.2, 0.25) is 0 Å². The molecule has 0 aliphatic heterocycles. The first-order chi connectivity index (χ1) is 25.6. The van der Waals surface area contributed by atoms with Crippen LogP contribution in [0.25, 0.3) is 78.0 Å². The molecule has 5 heteroatoms. The van der Waals surface area contributed by atoms with Crippen molar-refractivity contribution in [2.75, 3.05) is 0 Å². The van der Waals surface area contributed by atoms with Gasteiger partial charge in [-0.15, -0.1) is 0 Å². The number of hydrogen-bond donors (Lipinski definition) is 0. The van der Waals surface area contributed by atoms with Gasteiger partial charge in [0, 0.05) is 21.5 Å². The summed E-state index contributed by atoms with van der Waals surface area (Å²) in [5.74, 6) is 0.0326. The predicted octanol–water partition coefficient (Wildman–Crippen LogP) is 9.40. The molecule has 0 fully saturated rings. The minimum Gasteiger partial charge on any atom is -0.294 e. The molecule has 5 aromatic heterocycles. The maximum Gasteiger partial charge on any atom is 0.138 e. The van der Waals surface area contributed by atoms with E-state index in [1.165, 1.54) is 0 Å². The van der Waals surface area contributed by atoms with Gasteiger partial charge in [0.15, 0.2) is 0 Å². The third-order valence-electron chi connectivity index (χ3n) is 7.76. The summed E-state index contributed by atoms with van der Waals surface area (Å²) in [6.07, 6.45) is 0. The second kappa shape index (κ2) is 9.75. The highest BCUT2D eigenvalue weighted by atomic mass is 15.1. The van der Waals surface area contributed by atoms with E-state index in [1.807, 2.05) is 97.1 Å². The molecular weight excluding hydrogens is 538 g/mol. The maximum absolute atomic E-state index is 8.91. The van der Waals surface area contributed by atoms with Crippen molar-refractivity contribution in [3.63, 3.8) is 0 Å². The normalized spacial score (nSPS) is 14.5. The molecule has 44 heavy (non-hydrogen) atoms. The number of hydrogen-bond acceptors (Lipinski definition) is 3. The average Bonchev–Trinajstić information content (AvgIpc) is 3.69. The zero-order valence-electron chi connectivity index (χ0n) is 32.0. The molecule has 4 aromatic carbocycles. The van der Waals surface area contributed by atoms with E-state index < -0.39 is 42.3 Å². The van der Waals surface area contributed by atoms with Crippen molar-refractivity contribution < 1.29 is 12.3 Å². The summed E-state index contributed by atoms with van der Waals surface area (Å²) in [6, 6.07) is 25.9. The van der Waals surface area contributed by atoms with Gasteiger partial charge in [-0.25, -0.2) is 15.0 Å². The molecule has 5 heterocycles. The molecule has 206 valence electrons. The zero-order valence-corrected chi connectivity index (χ0v) is 23.0. The Balaban J connectivity index is 1.31. The summed E-state index contributed by atoms with van der Waals surface area (Å²) in [5, 5.41) is 3.55. The quantitative estimate of drug-likeness (QED) is 0.211. The molecule has 0 N–H and O–H groups in total. The van der Waals surface area contributed by atoms with Gasteiger partial charge in [0.05, 0.1) is 57.2 Å². The van der Waals surface area contributed by atoms with Crippen molar-refractivity contribution in [2.24, 2.45) is 0 Å². The van der Waals surface area contributed by atoms with E-state index in [9.17, 15) is 0 Å². The van der Waals surface area contributed by atoms with Gasteiger partial charge in [0.2, 0.25) is 0 Å². The summed E-state index contributed by atoms with van der Waals surface area (Å²) < 4.78 is 83.2. The van der Waals surface area contributed by atoms with Gasteiger partial charge < -0.3 is 0 Å². The van der Waals surface area contributed by atoms with Gasteiger partial charge in [-0.2, -0.15) is 0 Å². The standard InChI is InChI=1S/C39H25N5/c1-5-20-34-26(12-1)27-13-2-6-21-35(27)43(34)38-24-10-18-32(41-38)30-16-9-17-31(40-30)33-19-11-25-39(42-33)44-36-22-7-3-14-28(36)29-15-4-8-23-37(29)44/h1-25H/i9D,10D,11D,16D,17D,18D,19D,24D,25D. The lowest BCUT2D eigenvalue weighted by atomic mass is 10.2. The Kier molecular flexibility index (Phi) is 3.80. The third-order valence-corrected chi connectivity index (χ3v) is 7.76. The van der Waals surface area contributed by atoms with Gasteiger partial charge in [-0.3, -0.25) is 9.13 Å². The van der Waals surface area contributed by atoms with Crippen molar-refractivity contribution in [1.82, 2.24) is 24.1 Å². The summed E-state index contributed by atoms with van der Waals surface area (Å²) in [4.78, 5) is 14.0. The maximum atomic E-state index is 8.91. The lowest BCUT2D eigenvalue weighted by molar-refractivity contribution is 1.07. The smallest absolute Gasteiger partial charge is 0.138 e. The number of benzene rings is 4. The molecule has 0 spiro atoms. The van der Waals surface area contributed by atoms with Gasteiger partial charge in [0.25, 0.3) is 0 Å². The van der Waals surface area contributed by atoms with Gasteiger partial charge in [-0.05, 0) is 60.5 Å². The van der Waals surface area contributed by atoms with Gasteiger partial charge >= 0.3 is 0 Å². The van der Waals surface area contributed by atoms with Crippen LogP contribution in [0.15, 0.2) is 151 Å². The molecule has 0 atom stereocenters. The second-order valence-corrected chi connectivity index (χ2v) is 10.2. The highest BCUT2D eigenvalue weighted by Crippen LogP contribution is 2.33. The number of aromatic nitrogens is 5. The molecule has 5 nitrogen and oxygen atoms in total. The SMILES string of the molecule is [2H]c1c(-c2nc(-n3c4ccccc4c4ccccc43)c([2H])c([2H])c2[2H])nc(-c2nc(-n3c4ccccc4c4ccccc43)c([2H])c([2H])c2[2H])c([2H])c1[2H]. The lowest BCUT2D eigenvalue weighted by Gasteiger charge is -2.11. The van der Waals surface area contributed by atoms with Crippen LogP contribution in [0.1, 0.15) is 12.3 Å². The molecule has 0 amide bonds. The van der Waals surface area contributed by atoms with Crippen molar-refractivity contribution in [3.8, 4) is 34.4 Å². The fourth-order valence-corrected chi connectivity index (χ4v) is 5.90. The molecule has 0 radical (unpaired) electrons. The van der Waals surface area contributed by atoms with Crippen LogP contribution in [0.4, 0.5) is 0 Å². The summed E-state index contributed by atoms with van der Waals surface area (Å²) in [6.45, 7) is 0. The minimum absolute atomic E-state index is 0.0163. The van der Waals surface area contributed by atoms with Crippen LogP contribution >= 0.6 is 0 Å². The number of pyridine rings is 3. The summed E-state index contributed by atoms with van der Waals surface area (Å²) in [5.41, 5.74) is 1.67. The number of rotatable bonds is 4. The highest BCUT2D eigenvalue weighted by Gasteiger charge is 2.15. The minimum atomic E-state index is -0.591. The van der Waals surface area contributed by atoms with Crippen molar-refractivity contribution in [1.29, 1.82) is 0 Å². The average molecular weight is 573 g/mol. The first kappa shape index (κ1) is 17.1. The van der Waals surface area contributed by atoms with Crippen LogP contribution in [0.3, 0.4) is 0 Å². The molecule has 0 unspecified atom stereocenters. The van der Waals surface area contributed by atoms with E-state index in [0.717, 1.165) is 21.5 Å². The number of fused-ring (bicyclic) bond motifs is 6. The van der Waals surface area contributed by atoms with Crippen molar-refractivity contribution in [2.45, 2.75) is 0 Å². The van der Waals surface area contributed by atoms with Crippen LogP contribution in [0.5, 0.6) is 0 Å². The first-order valence-corrected chi connectivity index (χ1v) is 14.0.